The van der Waals surface area contributed by atoms with E-state index in [0.717, 1.165) is 0 Å². The van der Waals surface area contributed by atoms with Crippen LogP contribution < -0.4 is 0 Å². The monoisotopic (exact) mass is 303 g/mol. The molecular weight excluding hydrogens is 290 g/mol. The lowest BCUT2D eigenvalue weighted by Gasteiger charge is -2.25. The number of carbonyl (C=O) groups excluding carboxylic acids is 1. The highest BCUT2D eigenvalue weighted by atomic mass is 16.7. The molecule has 1 fully saturated rings. The molecule has 0 spiro atoms. The maximum Gasteiger partial charge on any atom is 0.369 e. The van der Waals surface area contributed by atoms with E-state index in [2.05, 4.69) is 5.16 Å². The Labute approximate surface area is 125 Å². The van der Waals surface area contributed by atoms with Gasteiger partial charge in [-0.05, 0) is 6.07 Å². The number of rotatable bonds is 3. The van der Waals surface area contributed by atoms with Crippen molar-refractivity contribution < 1.29 is 19.3 Å². The van der Waals surface area contributed by atoms with Crippen molar-refractivity contribution in [2.75, 3.05) is 26.3 Å². The summed E-state index contributed by atoms with van der Waals surface area (Å²) in [5.74, 6) is -0.611. The molecule has 1 aromatic rings. The molecule has 0 aliphatic carbocycles. The standard InChI is InChI=1S/C14H13N3O5/c18-14-11(9-16-5-7-21-8-6-16)13(15-22-14)10-3-1-2-4-12(10)17(19)20/h1-4,9H,5-8H2/b11-9-. The van der Waals surface area contributed by atoms with Gasteiger partial charge in [-0.1, -0.05) is 17.3 Å². The summed E-state index contributed by atoms with van der Waals surface area (Å²) in [5, 5.41) is 14.8. The number of morpholine rings is 1. The summed E-state index contributed by atoms with van der Waals surface area (Å²) in [6, 6.07) is 6.13. The number of nitro groups is 1. The van der Waals surface area contributed by atoms with E-state index < -0.39 is 10.9 Å². The molecule has 22 heavy (non-hydrogen) atoms. The molecule has 8 nitrogen and oxygen atoms in total. The summed E-state index contributed by atoms with van der Waals surface area (Å²) in [6.07, 6.45) is 1.63. The van der Waals surface area contributed by atoms with Gasteiger partial charge in [-0.15, -0.1) is 0 Å². The lowest BCUT2D eigenvalue weighted by atomic mass is 10.0. The summed E-state index contributed by atoms with van der Waals surface area (Å²) in [5.41, 5.74) is 0.547. The molecule has 0 unspecified atom stereocenters. The first kappa shape index (κ1) is 14.2. The molecular formula is C14H13N3O5. The van der Waals surface area contributed by atoms with Crippen LogP contribution in [0.5, 0.6) is 0 Å². The van der Waals surface area contributed by atoms with E-state index in [9.17, 15) is 14.9 Å². The van der Waals surface area contributed by atoms with E-state index in [-0.39, 0.29) is 22.5 Å². The normalized spacial score (nSPS) is 20.0. The molecule has 0 aromatic heterocycles. The van der Waals surface area contributed by atoms with E-state index in [4.69, 9.17) is 9.57 Å². The van der Waals surface area contributed by atoms with Gasteiger partial charge in [0.25, 0.3) is 5.69 Å². The molecule has 2 heterocycles. The molecule has 0 atom stereocenters. The molecule has 2 aliphatic heterocycles. The van der Waals surface area contributed by atoms with Crippen LogP contribution in [-0.2, 0) is 14.4 Å². The first-order valence-corrected chi connectivity index (χ1v) is 6.74. The van der Waals surface area contributed by atoms with Crippen LogP contribution in [0.25, 0.3) is 0 Å². The first-order valence-electron chi connectivity index (χ1n) is 6.74. The van der Waals surface area contributed by atoms with Crippen LogP contribution in [0.1, 0.15) is 5.56 Å². The molecule has 0 amide bonds. The maximum absolute atomic E-state index is 11.9. The molecule has 2 aliphatic rings. The molecule has 0 bridgehead atoms. The van der Waals surface area contributed by atoms with Gasteiger partial charge < -0.3 is 14.5 Å². The predicted octanol–water partition coefficient (Wildman–Crippen LogP) is 1.07. The summed E-state index contributed by atoms with van der Waals surface area (Å²) in [6.45, 7) is 2.41. The molecule has 0 radical (unpaired) electrons. The van der Waals surface area contributed by atoms with Crippen molar-refractivity contribution >= 4 is 17.4 Å². The predicted molar refractivity (Wildman–Crippen MR) is 76.2 cm³/mol. The number of nitrogens with zero attached hydrogens (tertiary/aromatic N) is 3. The SMILES string of the molecule is O=C1ON=C(c2ccccc2[N+](=O)[O-])/C1=C/N1CCOCC1. The summed E-state index contributed by atoms with van der Waals surface area (Å²) >= 11 is 0. The van der Waals surface area contributed by atoms with Crippen molar-refractivity contribution in [2.24, 2.45) is 5.16 Å². The first-order chi connectivity index (χ1) is 10.7. The Bertz CT molecular complexity index is 677. The minimum atomic E-state index is -0.611. The van der Waals surface area contributed by atoms with Crippen molar-refractivity contribution in [3.63, 3.8) is 0 Å². The summed E-state index contributed by atoms with van der Waals surface area (Å²) in [7, 11) is 0. The second-order valence-electron chi connectivity index (χ2n) is 4.78. The van der Waals surface area contributed by atoms with Gasteiger partial charge in [0.15, 0.2) is 0 Å². The van der Waals surface area contributed by atoms with Crippen LogP contribution in [0.2, 0.25) is 0 Å². The van der Waals surface area contributed by atoms with Gasteiger partial charge in [0, 0.05) is 25.4 Å². The van der Waals surface area contributed by atoms with Gasteiger partial charge in [0.1, 0.15) is 11.3 Å². The Hall–Kier alpha value is -2.74. The van der Waals surface area contributed by atoms with E-state index >= 15 is 0 Å². The van der Waals surface area contributed by atoms with Crippen molar-refractivity contribution in [3.05, 3.63) is 51.7 Å². The molecule has 114 valence electrons. The smallest absolute Gasteiger partial charge is 0.369 e. The van der Waals surface area contributed by atoms with Crippen LogP contribution in [0.15, 0.2) is 41.2 Å². The quantitative estimate of drug-likeness (QED) is 0.359. The van der Waals surface area contributed by atoms with Crippen LogP contribution in [0.4, 0.5) is 5.69 Å². The van der Waals surface area contributed by atoms with Gasteiger partial charge in [0.2, 0.25) is 0 Å². The maximum atomic E-state index is 11.9. The van der Waals surface area contributed by atoms with Crippen LogP contribution in [0.3, 0.4) is 0 Å². The number of benzene rings is 1. The average Bonchev–Trinajstić information content (AvgIpc) is 2.89. The van der Waals surface area contributed by atoms with Crippen molar-refractivity contribution in [2.45, 2.75) is 0 Å². The molecule has 0 N–H and O–H groups in total. The lowest BCUT2D eigenvalue weighted by molar-refractivity contribution is -0.385. The third-order valence-corrected chi connectivity index (χ3v) is 3.41. The van der Waals surface area contributed by atoms with Crippen LogP contribution in [-0.4, -0.2) is 47.8 Å². The topological polar surface area (TPSA) is 94.3 Å². The van der Waals surface area contributed by atoms with Gasteiger partial charge in [-0.25, -0.2) is 4.79 Å². The van der Waals surface area contributed by atoms with E-state index in [1.54, 1.807) is 24.4 Å². The molecule has 3 rings (SSSR count). The number of nitro benzene ring substituents is 1. The zero-order chi connectivity index (χ0) is 15.5. The van der Waals surface area contributed by atoms with Gasteiger partial charge in [0.05, 0.1) is 23.7 Å². The number of hydrogen-bond acceptors (Lipinski definition) is 7. The zero-order valence-electron chi connectivity index (χ0n) is 11.6. The zero-order valence-corrected chi connectivity index (χ0v) is 11.6. The lowest BCUT2D eigenvalue weighted by Crippen LogP contribution is -2.33. The highest BCUT2D eigenvalue weighted by Gasteiger charge is 2.32. The van der Waals surface area contributed by atoms with Crippen molar-refractivity contribution in [1.82, 2.24) is 4.90 Å². The van der Waals surface area contributed by atoms with Crippen molar-refractivity contribution in [3.8, 4) is 0 Å². The average molecular weight is 303 g/mol. The number of oxime groups is 1. The minimum Gasteiger partial charge on any atom is -0.378 e. The number of hydrogen-bond donors (Lipinski definition) is 0. The summed E-state index contributed by atoms with van der Waals surface area (Å²) < 4.78 is 5.25. The Balaban J connectivity index is 1.97. The van der Waals surface area contributed by atoms with Gasteiger partial charge >= 0.3 is 5.97 Å². The van der Waals surface area contributed by atoms with Crippen LogP contribution >= 0.6 is 0 Å². The number of carbonyl (C=O) groups is 1. The second kappa shape index (κ2) is 5.94. The second-order valence-corrected chi connectivity index (χ2v) is 4.78. The van der Waals surface area contributed by atoms with E-state index in [1.165, 1.54) is 6.07 Å². The van der Waals surface area contributed by atoms with Gasteiger partial charge in [-0.2, -0.15) is 0 Å². The largest absolute Gasteiger partial charge is 0.378 e. The third-order valence-electron chi connectivity index (χ3n) is 3.41. The minimum absolute atomic E-state index is 0.118. The van der Waals surface area contributed by atoms with Crippen molar-refractivity contribution in [1.29, 1.82) is 0 Å². The fourth-order valence-electron chi connectivity index (χ4n) is 2.31. The van der Waals surface area contributed by atoms with Crippen LogP contribution in [0, 0.1) is 10.1 Å². The highest BCUT2D eigenvalue weighted by molar-refractivity contribution is 6.29. The van der Waals surface area contributed by atoms with E-state index in [0.29, 0.717) is 26.3 Å². The fraction of sp³-hybridized carbons (Fsp3) is 0.286. The molecule has 0 saturated carbocycles. The number of para-hydroxylation sites is 1. The molecule has 8 heteroatoms. The Kier molecular flexibility index (Phi) is 3.84. The molecule has 1 saturated heterocycles. The third kappa shape index (κ3) is 2.68. The summed E-state index contributed by atoms with van der Waals surface area (Å²) in [4.78, 5) is 29.1. The Morgan fingerprint density at radius 2 is 2.00 bits per heavy atom. The highest BCUT2D eigenvalue weighted by Crippen LogP contribution is 2.26. The number of ether oxygens (including phenoxy) is 1. The van der Waals surface area contributed by atoms with E-state index in [1.807, 2.05) is 4.90 Å². The molecule has 1 aromatic carbocycles. The Morgan fingerprint density at radius 3 is 2.73 bits per heavy atom. The van der Waals surface area contributed by atoms with Gasteiger partial charge in [-0.3, -0.25) is 10.1 Å². The fourth-order valence-corrected chi connectivity index (χ4v) is 2.31. The Morgan fingerprint density at radius 1 is 1.27 bits per heavy atom.